The molecule has 0 N–H and O–H groups in total. The molecule has 0 bridgehead atoms. The summed E-state index contributed by atoms with van der Waals surface area (Å²) < 4.78 is 12.2. The van der Waals surface area contributed by atoms with Crippen LogP contribution in [0.4, 0.5) is 0 Å². The van der Waals surface area contributed by atoms with E-state index in [0.29, 0.717) is 29.2 Å². The topological polar surface area (TPSA) is 105 Å². The van der Waals surface area contributed by atoms with Crippen LogP contribution in [0.25, 0.3) is 258 Å². The predicted molar refractivity (Wildman–Crippen MR) is 598 cm³/mol. The minimum absolute atomic E-state index is 0.626. The van der Waals surface area contributed by atoms with Crippen LogP contribution in [0.5, 0.6) is 0 Å². The van der Waals surface area contributed by atoms with Crippen molar-refractivity contribution in [1.82, 2.24) is 48.6 Å². The van der Waals surface area contributed by atoms with E-state index in [-0.39, 0.29) is 0 Å². The maximum atomic E-state index is 5.11. The molecule has 12 heteroatoms. The molecule has 0 unspecified atom stereocenters. The lowest BCUT2D eigenvalue weighted by Gasteiger charge is -2.12. The van der Waals surface area contributed by atoms with Gasteiger partial charge in [-0.15, -0.1) is 22.7 Å². The number of hydrogen-bond acceptors (Lipinski definition) is 9. The van der Waals surface area contributed by atoms with Crippen molar-refractivity contribution in [2.75, 3.05) is 0 Å². The summed E-state index contributed by atoms with van der Waals surface area (Å²) in [6.45, 7) is 0. The van der Waals surface area contributed by atoms with Crippen LogP contribution in [-0.2, 0) is 0 Å². The van der Waals surface area contributed by atoms with Gasteiger partial charge >= 0.3 is 0 Å². The van der Waals surface area contributed by atoms with E-state index in [9.17, 15) is 0 Å². The summed E-state index contributed by atoms with van der Waals surface area (Å²) in [5.41, 5.74) is 30.6. The van der Waals surface area contributed by atoms with Crippen molar-refractivity contribution in [1.29, 1.82) is 0 Å². The maximum absolute atomic E-state index is 5.11. The lowest BCUT2D eigenvalue weighted by atomic mass is 10.0. The van der Waals surface area contributed by atoms with Gasteiger partial charge in [-0.05, 0) is 159 Å². The first-order chi connectivity index (χ1) is 70.9. The third-order valence-corrected chi connectivity index (χ3v) is 29.6. The second kappa shape index (κ2) is 36.7. The van der Waals surface area contributed by atoms with E-state index in [1.54, 1.807) is 0 Å². The second-order valence-corrected chi connectivity index (χ2v) is 37.9. The van der Waals surface area contributed by atoms with E-state index in [4.69, 9.17) is 34.9 Å². The van der Waals surface area contributed by atoms with Crippen LogP contribution < -0.4 is 0 Å². The van der Waals surface area contributed by atoms with Gasteiger partial charge in [-0.3, -0.25) is 4.57 Å². The first kappa shape index (κ1) is 84.9. The van der Waals surface area contributed by atoms with Crippen LogP contribution in [0.3, 0.4) is 0 Å². The van der Waals surface area contributed by atoms with Gasteiger partial charge in [0, 0.05) is 129 Å². The Labute approximate surface area is 832 Å². The number of fused-ring (bicyclic) bond motifs is 15. The molecule has 0 atom stereocenters. The Morgan fingerprint density at radius 1 is 0.161 bits per heavy atom. The molecule has 670 valence electrons. The van der Waals surface area contributed by atoms with Crippen LogP contribution >= 0.6 is 22.7 Å². The number of benzene rings is 20. The molecule has 20 aromatic carbocycles. The molecule has 8 heterocycles. The average Bonchev–Trinajstić information content (AvgIpc) is 1.58. The Morgan fingerprint density at radius 3 is 0.993 bits per heavy atom. The van der Waals surface area contributed by atoms with Crippen molar-refractivity contribution in [3.63, 3.8) is 0 Å². The first-order valence-electron chi connectivity index (χ1n) is 48.0. The molecule has 143 heavy (non-hydrogen) atoms. The second-order valence-electron chi connectivity index (χ2n) is 35.8. The van der Waals surface area contributed by atoms with E-state index < -0.39 is 0 Å². The number of thiophene rings is 2. The van der Waals surface area contributed by atoms with Gasteiger partial charge in [0.1, 0.15) is 0 Å². The Kier molecular flexibility index (Phi) is 21.8. The fourth-order valence-electron chi connectivity index (χ4n) is 20.3. The monoisotopic (exact) mass is 1860 g/mol. The zero-order valence-electron chi connectivity index (χ0n) is 77.3. The van der Waals surface area contributed by atoms with Crippen molar-refractivity contribution in [2.24, 2.45) is 0 Å². The van der Waals surface area contributed by atoms with Gasteiger partial charge in [-0.2, -0.15) is 0 Å². The van der Waals surface area contributed by atoms with Gasteiger partial charge in [-0.25, -0.2) is 34.9 Å². The molecule has 8 aromatic heterocycles. The molecule has 0 fully saturated rings. The summed E-state index contributed by atoms with van der Waals surface area (Å²) in [4.78, 5) is 35.2. The molecule has 28 rings (SSSR count). The fraction of sp³-hybridized carbons (Fsp3) is 0. The minimum Gasteiger partial charge on any atom is -0.309 e. The van der Waals surface area contributed by atoms with E-state index in [1.807, 2.05) is 89.5 Å². The molecule has 0 aliphatic carbocycles. The highest BCUT2D eigenvalue weighted by Gasteiger charge is 2.24. The van der Waals surface area contributed by atoms with Gasteiger partial charge in [-0.1, -0.05) is 400 Å². The minimum atomic E-state index is 0.626. The average molecular weight is 1860 g/mol. The van der Waals surface area contributed by atoms with Crippen molar-refractivity contribution in [2.45, 2.75) is 0 Å². The molecule has 0 aliphatic heterocycles. The molecule has 0 radical (unpaired) electrons. The molecule has 0 amide bonds. The highest BCUT2D eigenvalue weighted by atomic mass is 32.1. The van der Waals surface area contributed by atoms with E-state index in [0.717, 1.165) is 101 Å². The highest BCUT2D eigenvalue weighted by molar-refractivity contribution is 7.26. The Bertz CT molecular complexity index is 9660. The molecule has 0 saturated heterocycles. The van der Waals surface area contributed by atoms with Gasteiger partial charge < -0.3 is 9.13 Å². The molecule has 10 nitrogen and oxygen atoms in total. The largest absolute Gasteiger partial charge is 0.309 e. The lowest BCUT2D eigenvalue weighted by molar-refractivity contribution is 0.992. The smallest absolute Gasteiger partial charge is 0.235 e. The van der Waals surface area contributed by atoms with Crippen LogP contribution in [-0.4, -0.2) is 48.6 Å². The van der Waals surface area contributed by atoms with Gasteiger partial charge in [0.2, 0.25) is 5.95 Å². The van der Waals surface area contributed by atoms with Gasteiger partial charge in [0.05, 0.1) is 50.2 Å². The third-order valence-electron chi connectivity index (χ3n) is 27.2. The summed E-state index contributed by atoms with van der Waals surface area (Å²) in [5, 5.41) is 12.5. The Hall–Kier alpha value is -18.6. The molecule has 28 aromatic rings. The number of para-hydroxylation sites is 3. The summed E-state index contributed by atoms with van der Waals surface area (Å²) >= 11 is 3.74. The van der Waals surface area contributed by atoms with Crippen molar-refractivity contribution in [3.8, 4) is 152 Å². The van der Waals surface area contributed by atoms with Crippen molar-refractivity contribution in [3.05, 3.63) is 510 Å². The van der Waals surface area contributed by atoms with Crippen LogP contribution in [0.2, 0.25) is 0 Å². The molecule has 0 aliphatic rings. The zero-order valence-corrected chi connectivity index (χ0v) is 78.9. The molecule has 0 saturated carbocycles. The van der Waals surface area contributed by atoms with Crippen LogP contribution in [0.15, 0.2) is 510 Å². The third kappa shape index (κ3) is 16.0. The van der Waals surface area contributed by atoms with E-state index in [2.05, 4.69) is 457 Å². The fourth-order valence-corrected chi connectivity index (χ4v) is 22.8. The van der Waals surface area contributed by atoms with Gasteiger partial charge in [0.15, 0.2) is 23.3 Å². The number of nitrogens with zero attached hydrogens (tertiary/aromatic N) is 10. The normalized spacial score (nSPS) is 11.5. The Morgan fingerprint density at radius 2 is 0.483 bits per heavy atom. The van der Waals surface area contributed by atoms with E-state index in [1.165, 1.54) is 128 Å². The number of hydrogen-bond donors (Lipinski definition) is 0. The van der Waals surface area contributed by atoms with Crippen molar-refractivity contribution < 1.29 is 0 Å². The summed E-state index contributed by atoms with van der Waals surface area (Å²) in [7, 11) is 0. The Balaban J connectivity index is 0.000000110. The predicted octanol–water partition coefficient (Wildman–Crippen LogP) is 34.9. The maximum Gasteiger partial charge on any atom is 0.235 e. The SMILES string of the molecule is c1ccc(-c2cc(-c3ccccc3)nc(-c3cccc(-n4c5ccccc5c5cc(-c6cccc7c6sc6ccccc67)ccc54)c3)n2)cc1.c1ccc(-c2ccc(-c3ccnc(-n4c5ccccc5c5cc(-c6cccc7c6sc6ccccc67)ccc54)n3)cc2)cc1.c1ccc(-c2cccc(-c3nc(-c4ccccc4)nc(-c4cccc(-n5c6ccccc6c6ccc(-c7ccccc7)cc65)c4)n3)c2)cc1. The summed E-state index contributed by atoms with van der Waals surface area (Å²) in [6, 6.07) is 178. The zero-order chi connectivity index (χ0) is 94.6. The molecular weight excluding hydrogens is 1780 g/mol. The number of aromatic nitrogens is 10. The summed E-state index contributed by atoms with van der Waals surface area (Å²) in [6.07, 6.45) is 1.86. The number of rotatable bonds is 15. The quantitative estimate of drug-likeness (QED) is 0.101. The highest BCUT2D eigenvalue weighted by Crippen LogP contribution is 2.47. The van der Waals surface area contributed by atoms with E-state index >= 15 is 0 Å². The van der Waals surface area contributed by atoms with Gasteiger partial charge in [0.25, 0.3) is 0 Å². The van der Waals surface area contributed by atoms with Crippen LogP contribution in [0, 0.1) is 0 Å². The summed E-state index contributed by atoms with van der Waals surface area (Å²) in [5.74, 6) is 3.27. The lowest BCUT2D eigenvalue weighted by Crippen LogP contribution is -2.01. The standard InChI is InChI=1S/C46H29N3S.C45H30N4.C40H25N3S/c1-3-13-30(14-4-1)40-29-41(31-15-5-2-6-16-31)48-46(47-40)33-17-11-18-34(27-33)49-42-23-9-7-19-36(42)39-28-32(25-26-43(39)49)35-21-12-22-38-37-20-8-10-24-44(37)50-45(35)38;1-4-14-31(15-5-1)34-20-12-21-36(28-34)44-46-43(33-18-8-3-9-19-33)47-45(48-44)37-22-13-23-38(29-37)49-41-25-11-10-24-39(41)40-27-26-35(30-42(40)49)32-16-6-2-7-17-32;1-2-9-26(10-3-1)27-17-19-28(20-18-27)35-23-24-41-40(42-35)43-36-15-6-4-11-31(36)34-25-29(21-22-37(34)43)30-13-8-14-33-32-12-5-7-16-38(32)44-39(30)33/h1-29H;1-30H;1-25H. The van der Waals surface area contributed by atoms with Crippen molar-refractivity contribution >= 4 is 128 Å². The first-order valence-corrected chi connectivity index (χ1v) is 49.7. The molecule has 0 spiro atoms. The molecular formula is C131H84N10S2. The van der Waals surface area contributed by atoms with Crippen LogP contribution in [0.1, 0.15) is 0 Å².